The van der Waals surface area contributed by atoms with Crippen molar-refractivity contribution in [1.82, 2.24) is 4.90 Å². The first-order valence-electron chi connectivity index (χ1n) is 7.34. The molecule has 21 heavy (non-hydrogen) atoms. The molecule has 1 aliphatic heterocycles. The minimum Gasteiger partial charge on any atom is -0.481 e. The smallest absolute Gasteiger partial charge is 0.311 e. The minimum absolute atomic E-state index is 0.0997. The van der Waals surface area contributed by atoms with Crippen LogP contribution in [0, 0.1) is 5.41 Å². The maximum Gasteiger partial charge on any atom is 0.311 e. The Morgan fingerprint density at radius 3 is 2.52 bits per heavy atom. The fourth-order valence-corrected chi connectivity index (χ4v) is 2.89. The number of carboxylic acid groups (broad SMARTS) is 1. The second-order valence-electron chi connectivity index (χ2n) is 5.67. The van der Waals surface area contributed by atoms with E-state index in [1.165, 1.54) is 0 Å². The van der Waals surface area contributed by atoms with Gasteiger partial charge in [-0.3, -0.25) is 9.59 Å². The minimum atomic E-state index is -0.805. The number of hydrogen-bond donors (Lipinski definition) is 2. The van der Waals surface area contributed by atoms with Crippen LogP contribution in [0.2, 0.25) is 0 Å². The molecule has 114 valence electrons. The van der Waals surface area contributed by atoms with Crippen molar-refractivity contribution in [3.8, 4) is 0 Å². The van der Waals surface area contributed by atoms with E-state index in [9.17, 15) is 14.7 Å². The number of likely N-dealkylation sites (tertiary alicyclic amines) is 1. The number of nitrogens with two attached hydrogens (primary N) is 1. The second-order valence-corrected chi connectivity index (χ2v) is 5.67. The van der Waals surface area contributed by atoms with Gasteiger partial charge in [0.15, 0.2) is 0 Å². The van der Waals surface area contributed by atoms with Gasteiger partial charge in [0.1, 0.15) is 0 Å². The summed E-state index contributed by atoms with van der Waals surface area (Å²) in [5.74, 6) is -0.904. The summed E-state index contributed by atoms with van der Waals surface area (Å²) in [5, 5.41) is 9.48. The summed E-state index contributed by atoms with van der Waals surface area (Å²) in [4.78, 5) is 25.7. The highest BCUT2D eigenvalue weighted by atomic mass is 16.4. The van der Waals surface area contributed by atoms with Crippen LogP contribution in [0.3, 0.4) is 0 Å². The van der Waals surface area contributed by atoms with E-state index in [2.05, 4.69) is 0 Å². The third-order valence-electron chi connectivity index (χ3n) is 4.43. The fraction of sp³-hybridized carbons (Fsp3) is 0.500. The molecule has 0 spiro atoms. The largest absolute Gasteiger partial charge is 0.481 e. The first-order chi connectivity index (χ1) is 10.0. The van der Waals surface area contributed by atoms with Crippen LogP contribution < -0.4 is 5.73 Å². The molecule has 0 radical (unpaired) electrons. The van der Waals surface area contributed by atoms with Crippen molar-refractivity contribution in [3.05, 3.63) is 35.4 Å². The van der Waals surface area contributed by atoms with Crippen LogP contribution in [0.15, 0.2) is 24.3 Å². The molecule has 5 heteroatoms. The van der Waals surface area contributed by atoms with Gasteiger partial charge in [-0.25, -0.2) is 0 Å². The average molecular weight is 290 g/mol. The summed E-state index contributed by atoms with van der Waals surface area (Å²) in [6, 6.07) is 7.18. The fourth-order valence-electron chi connectivity index (χ4n) is 2.89. The summed E-state index contributed by atoms with van der Waals surface area (Å²) in [6.07, 6.45) is 1.90. The Morgan fingerprint density at radius 1 is 1.33 bits per heavy atom. The topological polar surface area (TPSA) is 83.6 Å². The van der Waals surface area contributed by atoms with Gasteiger partial charge in [0, 0.05) is 25.2 Å². The van der Waals surface area contributed by atoms with Crippen LogP contribution in [0.1, 0.15) is 42.1 Å². The molecule has 0 bridgehead atoms. The molecule has 0 aliphatic carbocycles. The number of nitrogens with zero attached hydrogens (tertiary/aromatic N) is 1. The maximum atomic E-state index is 12.5. The summed E-state index contributed by atoms with van der Waals surface area (Å²) in [6.45, 7) is 3.22. The number of piperidine rings is 1. The third kappa shape index (κ3) is 3.08. The predicted molar refractivity (Wildman–Crippen MR) is 79.8 cm³/mol. The molecular formula is C16H22N2O3. The SMILES string of the molecule is CCC1(C(=O)O)CCCN(C(=O)c2ccc(CN)cc2)C1. The van der Waals surface area contributed by atoms with E-state index in [4.69, 9.17) is 5.73 Å². The molecule has 1 fully saturated rings. The van der Waals surface area contributed by atoms with Crippen molar-refractivity contribution >= 4 is 11.9 Å². The van der Waals surface area contributed by atoms with E-state index in [0.29, 0.717) is 31.5 Å². The van der Waals surface area contributed by atoms with E-state index in [-0.39, 0.29) is 12.5 Å². The lowest BCUT2D eigenvalue weighted by molar-refractivity contribution is -0.152. The van der Waals surface area contributed by atoms with Gasteiger partial charge in [-0.15, -0.1) is 0 Å². The molecule has 1 heterocycles. The number of carboxylic acids is 1. The van der Waals surface area contributed by atoms with Crippen molar-refractivity contribution in [3.63, 3.8) is 0 Å². The lowest BCUT2D eigenvalue weighted by Crippen LogP contribution is -2.49. The Bertz CT molecular complexity index is 527. The van der Waals surface area contributed by atoms with Crippen LogP contribution in [-0.2, 0) is 11.3 Å². The van der Waals surface area contributed by atoms with Crippen molar-refractivity contribution in [2.24, 2.45) is 11.1 Å². The summed E-state index contributed by atoms with van der Waals surface area (Å²) in [7, 11) is 0. The zero-order chi connectivity index (χ0) is 15.5. The molecule has 3 N–H and O–H groups in total. The highest BCUT2D eigenvalue weighted by Gasteiger charge is 2.42. The Balaban J connectivity index is 2.16. The Labute approximate surface area is 124 Å². The van der Waals surface area contributed by atoms with Crippen LogP contribution in [0.25, 0.3) is 0 Å². The molecule has 1 aromatic rings. The van der Waals surface area contributed by atoms with Gasteiger partial charge in [0.05, 0.1) is 5.41 Å². The van der Waals surface area contributed by atoms with Gasteiger partial charge in [0.25, 0.3) is 5.91 Å². The van der Waals surface area contributed by atoms with Crippen LogP contribution in [0.4, 0.5) is 0 Å². The van der Waals surface area contributed by atoms with Crippen molar-refractivity contribution in [2.45, 2.75) is 32.7 Å². The average Bonchev–Trinajstić information content (AvgIpc) is 2.54. The number of aliphatic carboxylic acids is 1. The number of amides is 1. The van der Waals surface area contributed by atoms with E-state index in [1.807, 2.05) is 19.1 Å². The van der Waals surface area contributed by atoms with Gasteiger partial charge in [0.2, 0.25) is 0 Å². The Kier molecular flexibility index (Phi) is 4.63. The van der Waals surface area contributed by atoms with Gasteiger partial charge < -0.3 is 15.7 Å². The lowest BCUT2D eigenvalue weighted by atomic mass is 9.77. The number of benzene rings is 1. The van der Waals surface area contributed by atoms with Crippen LogP contribution in [-0.4, -0.2) is 35.0 Å². The zero-order valence-electron chi connectivity index (χ0n) is 12.3. The highest BCUT2D eigenvalue weighted by Crippen LogP contribution is 2.34. The van der Waals surface area contributed by atoms with Gasteiger partial charge >= 0.3 is 5.97 Å². The maximum absolute atomic E-state index is 12.5. The zero-order valence-corrected chi connectivity index (χ0v) is 12.3. The molecule has 1 saturated heterocycles. The van der Waals surface area contributed by atoms with Crippen molar-refractivity contribution in [1.29, 1.82) is 0 Å². The van der Waals surface area contributed by atoms with E-state index in [0.717, 1.165) is 12.0 Å². The number of carbonyl (C=O) groups is 2. The van der Waals surface area contributed by atoms with Gasteiger partial charge in [-0.05, 0) is 37.0 Å². The molecular weight excluding hydrogens is 268 g/mol. The molecule has 1 aliphatic rings. The Hall–Kier alpha value is -1.88. The summed E-state index contributed by atoms with van der Waals surface area (Å²) < 4.78 is 0. The Morgan fingerprint density at radius 2 is 2.00 bits per heavy atom. The number of carbonyl (C=O) groups excluding carboxylic acids is 1. The van der Waals surface area contributed by atoms with Gasteiger partial charge in [-0.1, -0.05) is 19.1 Å². The monoisotopic (exact) mass is 290 g/mol. The normalized spacial score (nSPS) is 22.1. The molecule has 5 nitrogen and oxygen atoms in total. The lowest BCUT2D eigenvalue weighted by Gasteiger charge is -2.39. The molecule has 1 atom stereocenters. The second kappa shape index (κ2) is 6.26. The van der Waals surface area contributed by atoms with E-state index >= 15 is 0 Å². The first kappa shape index (κ1) is 15.5. The number of hydrogen-bond acceptors (Lipinski definition) is 3. The van der Waals surface area contributed by atoms with Gasteiger partial charge in [-0.2, -0.15) is 0 Å². The highest BCUT2D eigenvalue weighted by molar-refractivity contribution is 5.94. The molecule has 1 amide bonds. The molecule has 1 unspecified atom stereocenters. The van der Waals surface area contributed by atoms with E-state index < -0.39 is 11.4 Å². The standard InChI is InChI=1S/C16H22N2O3/c1-2-16(15(20)21)8-3-9-18(11-16)14(19)13-6-4-12(10-17)5-7-13/h4-7H,2-3,8-11,17H2,1H3,(H,20,21). The van der Waals surface area contributed by atoms with Crippen molar-refractivity contribution < 1.29 is 14.7 Å². The molecule has 2 rings (SSSR count). The van der Waals surface area contributed by atoms with Crippen LogP contribution in [0.5, 0.6) is 0 Å². The molecule has 0 aromatic heterocycles. The summed E-state index contributed by atoms with van der Waals surface area (Å²) >= 11 is 0. The molecule has 0 saturated carbocycles. The first-order valence-corrected chi connectivity index (χ1v) is 7.34. The molecule has 1 aromatic carbocycles. The van der Waals surface area contributed by atoms with E-state index in [1.54, 1.807) is 17.0 Å². The van der Waals surface area contributed by atoms with Crippen molar-refractivity contribution in [2.75, 3.05) is 13.1 Å². The predicted octanol–water partition coefficient (Wildman–Crippen LogP) is 1.86. The summed E-state index contributed by atoms with van der Waals surface area (Å²) in [5.41, 5.74) is 6.30. The number of rotatable bonds is 4. The quantitative estimate of drug-likeness (QED) is 0.886. The van der Waals surface area contributed by atoms with Crippen LogP contribution >= 0.6 is 0 Å². The third-order valence-corrected chi connectivity index (χ3v) is 4.43.